The van der Waals surface area contributed by atoms with E-state index in [1.807, 2.05) is 0 Å². The van der Waals surface area contributed by atoms with Gasteiger partial charge in [0.15, 0.2) is 0 Å². The third-order valence-corrected chi connectivity index (χ3v) is 2.15. The number of likely N-dealkylation sites (N-methyl/N-ethyl adjacent to an activating group) is 1. The van der Waals surface area contributed by atoms with Gasteiger partial charge in [-0.2, -0.15) is 0 Å². The summed E-state index contributed by atoms with van der Waals surface area (Å²) in [6.45, 7) is 7.70. The molecule has 0 fully saturated rings. The molecule has 0 amide bonds. The van der Waals surface area contributed by atoms with Crippen LogP contribution in [0.2, 0.25) is 0 Å². The molecule has 1 N–H and O–H groups in total. The molecule has 0 bridgehead atoms. The molecule has 0 aliphatic carbocycles. The fourth-order valence-electron chi connectivity index (χ4n) is 0.728. The fourth-order valence-corrected chi connectivity index (χ4v) is 0.728. The van der Waals surface area contributed by atoms with Crippen LogP contribution in [0.4, 0.5) is 0 Å². The number of carboxylic acids is 1. The van der Waals surface area contributed by atoms with E-state index in [9.17, 15) is 4.79 Å². The molecule has 0 aliphatic heterocycles. The van der Waals surface area contributed by atoms with E-state index in [4.69, 9.17) is 5.11 Å². The summed E-state index contributed by atoms with van der Waals surface area (Å²) in [5.41, 5.74) is -0.789. The topological polar surface area (TPSA) is 40.5 Å². The van der Waals surface area contributed by atoms with Gasteiger partial charge in [-0.3, -0.25) is 9.69 Å². The Labute approximate surface area is 73.7 Å². The van der Waals surface area contributed by atoms with Gasteiger partial charge >= 0.3 is 5.97 Å². The lowest BCUT2D eigenvalue weighted by molar-refractivity contribution is -0.148. The van der Waals surface area contributed by atoms with Crippen LogP contribution in [-0.4, -0.2) is 35.1 Å². The van der Waals surface area contributed by atoms with E-state index in [0.717, 1.165) is 13.0 Å². The Balaban J connectivity index is 4.14. The highest BCUT2D eigenvalue weighted by Crippen LogP contribution is 2.12. The molecular weight excluding hydrogens is 154 g/mol. The number of nitrogens with zero attached hydrogens (tertiary/aromatic N) is 1. The summed E-state index contributed by atoms with van der Waals surface area (Å²) in [6, 6.07) is 0. The molecule has 0 rings (SSSR count). The van der Waals surface area contributed by atoms with Crippen molar-refractivity contribution in [2.75, 3.05) is 13.6 Å². The zero-order chi connectivity index (χ0) is 9.78. The minimum absolute atomic E-state index is 0.725. The van der Waals surface area contributed by atoms with Crippen LogP contribution >= 0.6 is 0 Å². The molecule has 0 unspecified atom stereocenters. The lowest BCUT2D eigenvalue weighted by Crippen LogP contribution is -2.48. The van der Waals surface area contributed by atoms with Crippen molar-refractivity contribution >= 4 is 5.97 Å². The lowest BCUT2D eigenvalue weighted by Gasteiger charge is -2.30. The molecule has 3 nitrogen and oxygen atoms in total. The van der Waals surface area contributed by atoms with E-state index in [2.05, 4.69) is 6.58 Å². The second-order valence-corrected chi connectivity index (χ2v) is 3.36. The van der Waals surface area contributed by atoms with Crippen molar-refractivity contribution in [1.29, 1.82) is 0 Å². The molecule has 0 aromatic carbocycles. The molecule has 0 aromatic heterocycles. The number of carboxylic acid groups (broad SMARTS) is 1. The van der Waals surface area contributed by atoms with E-state index in [1.54, 1.807) is 31.9 Å². The molecule has 0 heterocycles. The molecule has 3 heteroatoms. The van der Waals surface area contributed by atoms with E-state index in [0.29, 0.717) is 0 Å². The summed E-state index contributed by atoms with van der Waals surface area (Å²) in [6.07, 6.45) is 2.60. The molecule has 0 aliphatic rings. The first-order chi connectivity index (χ1) is 5.42. The van der Waals surface area contributed by atoms with Gasteiger partial charge in [-0.25, -0.2) is 0 Å². The summed E-state index contributed by atoms with van der Waals surface area (Å²) >= 11 is 0. The van der Waals surface area contributed by atoms with Gasteiger partial charge in [0.05, 0.1) is 0 Å². The van der Waals surface area contributed by atoms with Crippen molar-refractivity contribution in [3.63, 3.8) is 0 Å². The van der Waals surface area contributed by atoms with Crippen LogP contribution in [0.15, 0.2) is 12.7 Å². The second-order valence-electron chi connectivity index (χ2n) is 3.36. The first kappa shape index (κ1) is 11.2. The van der Waals surface area contributed by atoms with E-state index in [-0.39, 0.29) is 0 Å². The van der Waals surface area contributed by atoms with E-state index >= 15 is 0 Å². The number of hydrogen-bond donors (Lipinski definition) is 1. The van der Waals surface area contributed by atoms with Gasteiger partial charge in [-0.05, 0) is 27.3 Å². The minimum atomic E-state index is -0.797. The van der Waals surface area contributed by atoms with Crippen LogP contribution < -0.4 is 0 Å². The number of carbonyl (C=O) groups is 1. The molecule has 0 spiro atoms. The van der Waals surface area contributed by atoms with Gasteiger partial charge in [-0.15, -0.1) is 6.58 Å². The average Bonchev–Trinajstić information content (AvgIpc) is 1.99. The van der Waals surface area contributed by atoms with Crippen molar-refractivity contribution in [3.05, 3.63) is 12.7 Å². The van der Waals surface area contributed by atoms with Crippen molar-refractivity contribution in [3.8, 4) is 0 Å². The Kier molecular flexibility index (Phi) is 3.96. The van der Waals surface area contributed by atoms with Gasteiger partial charge in [0, 0.05) is 6.54 Å². The molecule has 0 aromatic rings. The van der Waals surface area contributed by atoms with E-state index < -0.39 is 11.5 Å². The molecule has 0 radical (unpaired) electrons. The van der Waals surface area contributed by atoms with Crippen LogP contribution in [0.5, 0.6) is 0 Å². The Bertz CT molecular complexity index is 175. The zero-order valence-corrected chi connectivity index (χ0v) is 8.00. The van der Waals surface area contributed by atoms with Gasteiger partial charge in [-0.1, -0.05) is 6.08 Å². The first-order valence-corrected chi connectivity index (χ1v) is 3.98. The normalized spacial score (nSPS) is 11.7. The quantitative estimate of drug-likeness (QED) is 0.635. The van der Waals surface area contributed by atoms with E-state index in [1.165, 1.54) is 0 Å². The lowest BCUT2D eigenvalue weighted by atomic mass is 10.0. The highest BCUT2D eigenvalue weighted by atomic mass is 16.4. The highest BCUT2D eigenvalue weighted by Gasteiger charge is 2.31. The minimum Gasteiger partial charge on any atom is -0.480 e. The molecule has 0 atom stereocenters. The monoisotopic (exact) mass is 171 g/mol. The first-order valence-electron chi connectivity index (χ1n) is 3.98. The summed E-state index contributed by atoms with van der Waals surface area (Å²) in [7, 11) is 1.80. The van der Waals surface area contributed by atoms with Gasteiger partial charge in [0.25, 0.3) is 0 Å². The van der Waals surface area contributed by atoms with Crippen molar-refractivity contribution in [2.45, 2.75) is 25.8 Å². The summed E-state index contributed by atoms with van der Waals surface area (Å²) < 4.78 is 0. The van der Waals surface area contributed by atoms with Crippen LogP contribution in [-0.2, 0) is 4.79 Å². The number of aliphatic carboxylic acids is 1. The smallest absolute Gasteiger partial charge is 0.323 e. The Hall–Kier alpha value is -0.830. The Morgan fingerprint density at radius 2 is 2.17 bits per heavy atom. The summed E-state index contributed by atoms with van der Waals surface area (Å²) in [4.78, 5) is 12.6. The molecule has 12 heavy (non-hydrogen) atoms. The van der Waals surface area contributed by atoms with Crippen molar-refractivity contribution < 1.29 is 9.90 Å². The van der Waals surface area contributed by atoms with Crippen molar-refractivity contribution in [2.24, 2.45) is 0 Å². The third-order valence-electron chi connectivity index (χ3n) is 2.15. The van der Waals surface area contributed by atoms with Gasteiger partial charge in [0.2, 0.25) is 0 Å². The molecule has 0 saturated heterocycles. The largest absolute Gasteiger partial charge is 0.480 e. The van der Waals surface area contributed by atoms with Crippen molar-refractivity contribution in [1.82, 2.24) is 4.90 Å². The molecule has 0 saturated carbocycles. The standard InChI is InChI=1S/C9H17NO2/c1-5-6-7-10(4)9(2,3)8(11)12/h5H,1,6-7H2,2-4H3,(H,11,12). The highest BCUT2D eigenvalue weighted by molar-refractivity contribution is 5.77. The number of hydrogen-bond acceptors (Lipinski definition) is 2. The Morgan fingerprint density at radius 3 is 2.50 bits per heavy atom. The van der Waals surface area contributed by atoms with Gasteiger partial charge < -0.3 is 5.11 Å². The summed E-state index contributed by atoms with van der Waals surface area (Å²) in [5.74, 6) is -0.797. The Morgan fingerprint density at radius 1 is 1.67 bits per heavy atom. The van der Waals surface area contributed by atoms with Crippen LogP contribution in [0.1, 0.15) is 20.3 Å². The predicted octanol–water partition coefficient (Wildman–Crippen LogP) is 1.36. The third kappa shape index (κ3) is 2.66. The fraction of sp³-hybridized carbons (Fsp3) is 0.667. The maximum Gasteiger partial charge on any atom is 0.323 e. The predicted molar refractivity (Wildman–Crippen MR) is 49.2 cm³/mol. The van der Waals surface area contributed by atoms with Crippen LogP contribution in [0, 0.1) is 0 Å². The maximum absolute atomic E-state index is 10.8. The SMILES string of the molecule is C=CCCN(C)C(C)(C)C(=O)O. The average molecular weight is 171 g/mol. The zero-order valence-electron chi connectivity index (χ0n) is 8.00. The van der Waals surface area contributed by atoms with Gasteiger partial charge in [0.1, 0.15) is 5.54 Å². The second kappa shape index (κ2) is 4.26. The molecular formula is C9H17NO2. The van der Waals surface area contributed by atoms with Crippen LogP contribution in [0.25, 0.3) is 0 Å². The van der Waals surface area contributed by atoms with Crippen LogP contribution in [0.3, 0.4) is 0 Å². The number of rotatable bonds is 5. The molecule has 70 valence electrons. The summed E-state index contributed by atoms with van der Waals surface area (Å²) in [5, 5.41) is 8.84. The maximum atomic E-state index is 10.8.